The lowest BCUT2D eigenvalue weighted by Gasteiger charge is -2.21. The summed E-state index contributed by atoms with van der Waals surface area (Å²) in [5.41, 5.74) is 7.53. The lowest BCUT2D eigenvalue weighted by Crippen LogP contribution is -2.25. The normalized spacial score (nSPS) is 10.1. The number of anilines is 1. The van der Waals surface area contributed by atoms with Crippen LogP contribution in [0.15, 0.2) is 12.3 Å². The fraction of sp³-hybridized carbons (Fsp3) is 0.462. The summed E-state index contributed by atoms with van der Waals surface area (Å²) in [6.45, 7) is 2.63. The molecular weight excluding hydrogens is 262 g/mol. The maximum atomic E-state index is 11.1. The summed E-state index contributed by atoms with van der Waals surface area (Å²) >= 11 is 5.07. The molecule has 0 bridgehead atoms. The largest absolute Gasteiger partial charge is 0.469 e. The fourth-order valence-corrected chi connectivity index (χ4v) is 2.06. The zero-order valence-electron chi connectivity index (χ0n) is 11.5. The third-order valence-electron chi connectivity index (χ3n) is 2.85. The van der Waals surface area contributed by atoms with Gasteiger partial charge in [0.1, 0.15) is 10.8 Å². The van der Waals surface area contributed by atoms with E-state index in [1.54, 1.807) is 6.20 Å². The van der Waals surface area contributed by atoms with Gasteiger partial charge in [-0.15, -0.1) is 0 Å². The van der Waals surface area contributed by atoms with Gasteiger partial charge in [0.25, 0.3) is 0 Å². The third kappa shape index (κ3) is 4.17. The van der Waals surface area contributed by atoms with Crippen LogP contribution < -0.4 is 10.6 Å². The second kappa shape index (κ2) is 7.04. The number of methoxy groups -OCH3 is 1. The van der Waals surface area contributed by atoms with E-state index in [-0.39, 0.29) is 5.97 Å². The van der Waals surface area contributed by atoms with Crippen LogP contribution >= 0.6 is 12.2 Å². The zero-order chi connectivity index (χ0) is 14.4. The van der Waals surface area contributed by atoms with Gasteiger partial charge in [0.05, 0.1) is 12.7 Å². The first-order valence-electron chi connectivity index (χ1n) is 6.00. The minimum atomic E-state index is -0.208. The van der Waals surface area contributed by atoms with Crippen molar-refractivity contribution in [1.29, 1.82) is 0 Å². The third-order valence-corrected chi connectivity index (χ3v) is 3.05. The van der Waals surface area contributed by atoms with Crippen LogP contribution in [0.2, 0.25) is 0 Å². The Balaban J connectivity index is 2.77. The Hall–Kier alpha value is -1.69. The smallest absolute Gasteiger partial charge is 0.305 e. The van der Waals surface area contributed by atoms with Crippen LogP contribution in [0, 0.1) is 6.92 Å². The van der Waals surface area contributed by atoms with Gasteiger partial charge in [-0.2, -0.15) is 0 Å². The van der Waals surface area contributed by atoms with Gasteiger partial charge < -0.3 is 15.4 Å². The molecule has 0 unspecified atom stereocenters. The van der Waals surface area contributed by atoms with Crippen molar-refractivity contribution in [2.24, 2.45) is 5.73 Å². The van der Waals surface area contributed by atoms with Gasteiger partial charge >= 0.3 is 5.97 Å². The molecule has 0 aromatic carbocycles. The molecule has 6 heteroatoms. The summed E-state index contributed by atoms with van der Waals surface area (Å²) in [5, 5.41) is 0. The lowest BCUT2D eigenvalue weighted by atomic mass is 10.1. The Labute approximate surface area is 118 Å². The maximum Gasteiger partial charge on any atom is 0.305 e. The minimum absolute atomic E-state index is 0.208. The van der Waals surface area contributed by atoms with Crippen LogP contribution in [-0.2, 0) is 9.53 Å². The number of esters is 1. The van der Waals surface area contributed by atoms with E-state index >= 15 is 0 Å². The summed E-state index contributed by atoms with van der Waals surface area (Å²) < 4.78 is 4.60. The average molecular weight is 281 g/mol. The fourth-order valence-electron chi connectivity index (χ4n) is 1.81. The van der Waals surface area contributed by atoms with Crippen LogP contribution in [0.1, 0.15) is 24.0 Å². The number of pyridine rings is 1. The molecule has 2 N–H and O–H groups in total. The molecule has 0 spiro atoms. The van der Waals surface area contributed by atoms with Gasteiger partial charge in [-0.3, -0.25) is 4.79 Å². The highest BCUT2D eigenvalue weighted by Gasteiger charge is 2.13. The highest BCUT2D eigenvalue weighted by molar-refractivity contribution is 7.80. The minimum Gasteiger partial charge on any atom is -0.469 e. The second-order valence-corrected chi connectivity index (χ2v) is 4.73. The molecule has 104 valence electrons. The number of hydrogen-bond acceptors (Lipinski definition) is 5. The highest BCUT2D eigenvalue weighted by Crippen LogP contribution is 2.20. The predicted molar refractivity (Wildman–Crippen MR) is 79.4 cm³/mol. The first-order chi connectivity index (χ1) is 8.97. The van der Waals surface area contributed by atoms with Gasteiger partial charge in [-0.1, -0.05) is 12.2 Å². The Morgan fingerprint density at radius 3 is 2.84 bits per heavy atom. The van der Waals surface area contributed by atoms with E-state index < -0.39 is 0 Å². The molecule has 0 aliphatic heterocycles. The Kier molecular flexibility index (Phi) is 5.69. The van der Waals surface area contributed by atoms with Gasteiger partial charge in [-0.25, -0.2) is 4.98 Å². The summed E-state index contributed by atoms with van der Waals surface area (Å²) in [5.74, 6) is 0.539. The van der Waals surface area contributed by atoms with Gasteiger partial charge in [-0.05, 0) is 25.0 Å². The number of aryl methyl sites for hydroxylation is 1. The van der Waals surface area contributed by atoms with Crippen molar-refractivity contribution in [3.05, 3.63) is 23.4 Å². The first-order valence-corrected chi connectivity index (χ1v) is 6.41. The average Bonchev–Trinajstić information content (AvgIpc) is 2.37. The molecule has 1 aromatic heterocycles. The van der Waals surface area contributed by atoms with Crippen molar-refractivity contribution in [1.82, 2.24) is 4.98 Å². The van der Waals surface area contributed by atoms with Crippen LogP contribution in [-0.4, -0.2) is 36.6 Å². The molecule has 0 saturated carbocycles. The number of carbonyl (C=O) groups excluding carboxylic acids is 1. The number of ether oxygens (including phenoxy) is 1. The van der Waals surface area contributed by atoms with Gasteiger partial charge in [0, 0.05) is 26.2 Å². The van der Waals surface area contributed by atoms with E-state index in [2.05, 4.69) is 9.72 Å². The lowest BCUT2D eigenvalue weighted by molar-refractivity contribution is -0.140. The highest BCUT2D eigenvalue weighted by atomic mass is 32.1. The molecule has 0 radical (unpaired) electrons. The molecule has 19 heavy (non-hydrogen) atoms. The van der Waals surface area contributed by atoms with Crippen molar-refractivity contribution < 1.29 is 9.53 Å². The number of rotatable bonds is 6. The van der Waals surface area contributed by atoms with E-state index in [1.165, 1.54) is 7.11 Å². The maximum absolute atomic E-state index is 11.1. The summed E-state index contributed by atoms with van der Waals surface area (Å²) in [4.78, 5) is 17.7. The molecular formula is C13H19N3O2S. The number of nitrogens with zero attached hydrogens (tertiary/aromatic N) is 2. The topological polar surface area (TPSA) is 68.5 Å². The molecule has 1 rings (SSSR count). The predicted octanol–water partition coefficient (Wildman–Crippen LogP) is 1.41. The van der Waals surface area contributed by atoms with Crippen LogP contribution in [0.25, 0.3) is 0 Å². The van der Waals surface area contributed by atoms with Crippen molar-refractivity contribution in [2.45, 2.75) is 19.8 Å². The Bertz CT molecular complexity index is 477. The van der Waals surface area contributed by atoms with Crippen LogP contribution in [0.4, 0.5) is 5.82 Å². The zero-order valence-corrected chi connectivity index (χ0v) is 12.3. The van der Waals surface area contributed by atoms with Crippen molar-refractivity contribution in [3.8, 4) is 0 Å². The van der Waals surface area contributed by atoms with Crippen molar-refractivity contribution >= 4 is 29.0 Å². The molecule has 0 aliphatic carbocycles. The van der Waals surface area contributed by atoms with E-state index in [4.69, 9.17) is 18.0 Å². The monoisotopic (exact) mass is 281 g/mol. The summed E-state index contributed by atoms with van der Waals surface area (Å²) in [6.07, 6.45) is 2.80. The molecule has 5 nitrogen and oxygen atoms in total. The SMILES string of the molecule is COC(=O)CCCN(C)c1nccc(C)c1C(N)=S. The number of thiocarbonyl (C=S) groups is 1. The summed E-state index contributed by atoms with van der Waals surface area (Å²) in [6, 6.07) is 1.88. The first kappa shape index (κ1) is 15.4. The van der Waals surface area contributed by atoms with Crippen molar-refractivity contribution in [2.75, 3.05) is 25.6 Å². The van der Waals surface area contributed by atoms with Crippen LogP contribution in [0.3, 0.4) is 0 Å². The number of hydrogen-bond donors (Lipinski definition) is 1. The summed E-state index contributed by atoms with van der Waals surface area (Å²) in [7, 11) is 3.29. The standard InChI is InChI=1S/C13H19N3O2S/c1-9-6-7-15-13(11(9)12(14)19)16(2)8-4-5-10(17)18-3/h6-7H,4-5,8H2,1-3H3,(H2,14,19). The molecule has 1 heterocycles. The van der Waals surface area contributed by atoms with E-state index in [0.717, 1.165) is 16.9 Å². The molecule has 0 amide bonds. The van der Waals surface area contributed by atoms with E-state index in [0.29, 0.717) is 24.4 Å². The Morgan fingerprint density at radius 1 is 1.58 bits per heavy atom. The molecule has 1 aromatic rings. The van der Waals surface area contributed by atoms with Gasteiger partial charge in [0.2, 0.25) is 0 Å². The molecule has 0 atom stereocenters. The number of nitrogens with two attached hydrogens (primary N) is 1. The molecule has 0 fully saturated rings. The van der Waals surface area contributed by atoms with E-state index in [1.807, 2.05) is 24.9 Å². The van der Waals surface area contributed by atoms with E-state index in [9.17, 15) is 4.79 Å². The number of carbonyl (C=O) groups is 1. The Morgan fingerprint density at radius 2 is 2.26 bits per heavy atom. The van der Waals surface area contributed by atoms with Crippen LogP contribution in [0.5, 0.6) is 0 Å². The van der Waals surface area contributed by atoms with Crippen molar-refractivity contribution in [3.63, 3.8) is 0 Å². The quantitative estimate of drug-likeness (QED) is 0.628. The van der Waals surface area contributed by atoms with Gasteiger partial charge in [0.15, 0.2) is 0 Å². The molecule has 0 aliphatic rings. The second-order valence-electron chi connectivity index (χ2n) is 4.29. The number of aromatic nitrogens is 1. The molecule has 0 saturated heterocycles.